The minimum Gasteiger partial charge on any atom is -0.338 e. The molecule has 0 radical (unpaired) electrons. The first-order valence-corrected chi connectivity index (χ1v) is 10.6. The fourth-order valence-electron chi connectivity index (χ4n) is 2.61. The third-order valence-corrected chi connectivity index (χ3v) is 6.04. The summed E-state index contributed by atoms with van der Waals surface area (Å²) >= 11 is 2.53. The van der Waals surface area contributed by atoms with Gasteiger partial charge in [-0.1, -0.05) is 0 Å². The Hall–Kier alpha value is -2.08. The smallest absolute Gasteiger partial charge is 0.244 e. The lowest BCUT2D eigenvalue weighted by molar-refractivity contribution is -0.140. The van der Waals surface area contributed by atoms with E-state index in [0.29, 0.717) is 0 Å². The van der Waals surface area contributed by atoms with Crippen LogP contribution in [0.2, 0.25) is 0 Å². The molecule has 0 aromatic heterocycles. The molecule has 0 aromatic carbocycles. The van der Waals surface area contributed by atoms with E-state index in [4.69, 9.17) is 0 Å². The molecule has 2 saturated heterocycles. The molecule has 12 heteroatoms. The van der Waals surface area contributed by atoms with E-state index in [0.717, 1.165) is 9.80 Å². The van der Waals surface area contributed by atoms with Gasteiger partial charge in [-0.05, 0) is 12.5 Å². The summed E-state index contributed by atoms with van der Waals surface area (Å²) in [6, 6.07) is 0. The lowest BCUT2D eigenvalue weighted by Gasteiger charge is -2.16. The molecule has 2 aliphatic rings. The van der Waals surface area contributed by atoms with Gasteiger partial charge in [-0.25, -0.2) is 0 Å². The number of likely N-dealkylation sites (tertiary alicyclic amines) is 2. The third kappa shape index (κ3) is 5.01. The third-order valence-electron chi connectivity index (χ3n) is 4.16. The lowest BCUT2D eigenvalue weighted by Crippen LogP contribution is -2.45. The normalized spacial score (nSPS) is 22.6. The molecule has 2 rings (SSSR count). The zero-order valence-electron chi connectivity index (χ0n) is 14.9. The van der Waals surface area contributed by atoms with E-state index in [9.17, 15) is 28.8 Å². The van der Waals surface area contributed by atoms with Gasteiger partial charge in [0.25, 0.3) is 0 Å². The van der Waals surface area contributed by atoms with Crippen molar-refractivity contribution in [1.82, 2.24) is 20.4 Å². The van der Waals surface area contributed by atoms with Gasteiger partial charge >= 0.3 is 0 Å². The van der Waals surface area contributed by atoms with Crippen molar-refractivity contribution in [3.05, 3.63) is 0 Å². The highest BCUT2D eigenvalue weighted by molar-refractivity contribution is 8.00. The summed E-state index contributed by atoms with van der Waals surface area (Å²) < 4.78 is 0. The predicted molar refractivity (Wildman–Crippen MR) is 98.2 cm³/mol. The van der Waals surface area contributed by atoms with Crippen LogP contribution in [-0.2, 0) is 28.8 Å². The standard InChI is InChI=1S/C15H20N4O6S2/c1-26-8-3-12(22)18(14(8)24)6-16-10(20)5-11(21)17-7-19-13(23)4-9(27-2)15(19)25/h8-9H,3-7H2,1-2H3,(H,16,20)(H,17,21). The maximum Gasteiger partial charge on any atom is 0.244 e. The maximum atomic E-state index is 11.9. The summed E-state index contributed by atoms with van der Waals surface area (Å²) in [6.07, 6.45) is 3.07. The number of hydrogen-bond acceptors (Lipinski definition) is 8. The van der Waals surface area contributed by atoms with Crippen LogP contribution in [0.25, 0.3) is 0 Å². The first-order chi connectivity index (χ1) is 12.8. The van der Waals surface area contributed by atoms with Crippen molar-refractivity contribution in [1.29, 1.82) is 0 Å². The summed E-state index contributed by atoms with van der Waals surface area (Å²) in [5.74, 6) is -2.85. The van der Waals surface area contributed by atoms with Crippen LogP contribution in [0.4, 0.5) is 0 Å². The van der Waals surface area contributed by atoms with Crippen LogP contribution in [0.15, 0.2) is 0 Å². The maximum absolute atomic E-state index is 11.9. The number of carbonyl (C=O) groups is 6. The van der Waals surface area contributed by atoms with Gasteiger partial charge in [0.2, 0.25) is 35.4 Å². The number of nitrogens with one attached hydrogen (secondary N) is 2. The second-order valence-corrected chi connectivity index (χ2v) is 7.95. The van der Waals surface area contributed by atoms with Crippen LogP contribution >= 0.6 is 23.5 Å². The van der Waals surface area contributed by atoms with Crippen molar-refractivity contribution in [2.75, 3.05) is 25.8 Å². The van der Waals surface area contributed by atoms with E-state index >= 15 is 0 Å². The van der Waals surface area contributed by atoms with E-state index < -0.39 is 28.7 Å². The SMILES string of the molecule is CSC1CC(=O)N(CNC(=O)CC(=O)NCN2C(=O)CC(SC)C2=O)C1=O. The number of imide groups is 2. The van der Waals surface area contributed by atoms with Crippen molar-refractivity contribution in [2.45, 2.75) is 29.8 Å². The molecular weight excluding hydrogens is 396 g/mol. The van der Waals surface area contributed by atoms with Crippen LogP contribution in [-0.4, -0.2) is 81.6 Å². The van der Waals surface area contributed by atoms with Crippen molar-refractivity contribution < 1.29 is 28.8 Å². The van der Waals surface area contributed by atoms with Gasteiger partial charge in [0.15, 0.2) is 0 Å². The molecule has 2 N–H and O–H groups in total. The minimum absolute atomic E-state index is 0.0886. The highest BCUT2D eigenvalue weighted by Crippen LogP contribution is 2.23. The van der Waals surface area contributed by atoms with Gasteiger partial charge in [0, 0.05) is 12.8 Å². The molecule has 27 heavy (non-hydrogen) atoms. The van der Waals surface area contributed by atoms with Crippen LogP contribution in [0.5, 0.6) is 0 Å². The summed E-state index contributed by atoms with van der Waals surface area (Å²) in [4.78, 5) is 72.9. The van der Waals surface area contributed by atoms with Gasteiger partial charge in [-0.15, -0.1) is 0 Å². The highest BCUT2D eigenvalue weighted by atomic mass is 32.2. The first-order valence-electron chi connectivity index (χ1n) is 8.05. The van der Waals surface area contributed by atoms with Gasteiger partial charge < -0.3 is 10.6 Å². The molecule has 0 saturated carbocycles. The van der Waals surface area contributed by atoms with Crippen LogP contribution < -0.4 is 10.6 Å². The molecule has 10 nitrogen and oxygen atoms in total. The van der Waals surface area contributed by atoms with E-state index in [2.05, 4.69) is 10.6 Å². The summed E-state index contributed by atoms with van der Waals surface area (Å²) in [7, 11) is 0. The Morgan fingerprint density at radius 3 is 1.52 bits per heavy atom. The molecule has 0 aliphatic carbocycles. The monoisotopic (exact) mass is 416 g/mol. The minimum atomic E-state index is -0.679. The Morgan fingerprint density at radius 2 is 1.22 bits per heavy atom. The van der Waals surface area contributed by atoms with Gasteiger partial charge in [0.05, 0.1) is 10.5 Å². The van der Waals surface area contributed by atoms with Crippen molar-refractivity contribution >= 4 is 59.0 Å². The molecule has 2 heterocycles. The topological polar surface area (TPSA) is 133 Å². The summed E-state index contributed by atoms with van der Waals surface area (Å²) in [5, 5.41) is 3.80. The van der Waals surface area contributed by atoms with Crippen LogP contribution in [0, 0.1) is 0 Å². The Bertz CT molecular complexity index is 629. The molecular formula is C15H20N4O6S2. The number of carbonyl (C=O) groups excluding carboxylic acids is 6. The molecule has 2 unspecified atom stereocenters. The Labute approximate surface area is 164 Å². The van der Waals surface area contributed by atoms with Crippen LogP contribution in [0.1, 0.15) is 19.3 Å². The lowest BCUT2D eigenvalue weighted by atomic mass is 10.4. The first kappa shape index (κ1) is 21.2. The average molecular weight is 416 g/mol. The predicted octanol–water partition coefficient (Wildman–Crippen LogP) is -1.50. The Kier molecular flexibility index (Phi) is 7.25. The van der Waals surface area contributed by atoms with Crippen molar-refractivity contribution in [3.8, 4) is 0 Å². The molecule has 0 spiro atoms. The van der Waals surface area contributed by atoms with E-state index in [1.165, 1.54) is 23.5 Å². The van der Waals surface area contributed by atoms with Gasteiger partial charge in [-0.2, -0.15) is 23.5 Å². The number of hydrogen-bond donors (Lipinski definition) is 2. The number of rotatable bonds is 8. The van der Waals surface area contributed by atoms with Crippen molar-refractivity contribution in [2.24, 2.45) is 0 Å². The Balaban J connectivity index is 1.74. The zero-order chi connectivity index (χ0) is 20.1. The molecule has 2 fully saturated rings. The fourth-order valence-corrected chi connectivity index (χ4v) is 3.89. The molecule has 0 bridgehead atoms. The second-order valence-electron chi connectivity index (χ2n) is 5.87. The number of nitrogens with zero attached hydrogens (tertiary/aromatic N) is 2. The molecule has 148 valence electrons. The van der Waals surface area contributed by atoms with E-state index in [1.807, 2.05) is 0 Å². The van der Waals surface area contributed by atoms with Gasteiger partial charge in [-0.3, -0.25) is 38.6 Å². The van der Waals surface area contributed by atoms with Gasteiger partial charge in [0.1, 0.15) is 19.8 Å². The largest absolute Gasteiger partial charge is 0.338 e. The summed E-state index contributed by atoms with van der Waals surface area (Å²) in [5.41, 5.74) is 0. The number of amides is 6. The summed E-state index contributed by atoms with van der Waals surface area (Å²) in [6.45, 7) is -0.585. The molecule has 2 atom stereocenters. The number of thioether (sulfide) groups is 2. The average Bonchev–Trinajstić information content (AvgIpc) is 3.06. The molecule has 2 aliphatic heterocycles. The molecule has 6 amide bonds. The van der Waals surface area contributed by atoms with E-state index in [-0.39, 0.29) is 49.8 Å². The highest BCUT2D eigenvalue weighted by Gasteiger charge is 2.39. The van der Waals surface area contributed by atoms with E-state index in [1.54, 1.807) is 12.5 Å². The quantitative estimate of drug-likeness (QED) is 0.361. The fraction of sp³-hybridized carbons (Fsp3) is 0.600. The van der Waals surface area contributed by atoms with Crippen LogP contribution in [0.3, 0.4) is 0 Å². The Morgan fingerprint density at radius 1 is 0.852 bits per heavy atom. The zero-order valence-corrected chi connectivity index (χ0v) is 16.5. The molecule has 0 aromatic rings. The second kappa shape index (κ2) is 9.22. The van der Waals surface area contributed by atoms with Crippen molar-refractivity contribution in [3.63, 3.8) is 0 Å².